The molecule has 0 radical (unpaired) electrons. The van der Waals surface area contributed by atoms with Crippen molar-refractivity contribution in [1.82, 2.24) is 4.90 Å². The predicted molar refractivity (Wildman–Crippen MR) is 129 cm³/mol. The summed E-state index contributed by atoms with van der Waals surface area (Å²) in [6, 6.07) is 24.9. The van der Waals surface area contributed by atoms with Gasteiger partial charge in [-0.2, -0.15) is 0 Å². The highest BCUT2D eigenvalue weighted by molar-refractivity contribution is 6.45. The van der Waals surface area contributed by atoms with Crippen LogP contribution in [-0.2, 0) is 22.6 Å². The number of amides is 2. The number of hydrogen-bond acceptors (Lipinski definition) is 4. The molecule has 0 fully saturated rings. The highest BCUT2D eigenvalue weighted by Crippen LogP contribution is 2.37. The van der Waals surface area contributed by atoms with E-state index in [0.29, 0.717) is 35.8 Å². The van der Waals surface area contributed by atoms with Crippen molar-refractivity contribution >= 4 is 23.1 Å². The summed E-state index contributed by atoms with van der Waals surface area (Å²) in [6.45, 7) is 5.22. The van der Waals surface area contributed by atoms with Gasteiger partial charge in [0.05, 0.1) is 17.4 Å². The van der Waals surface area contributed by atoms with Gasteiger partial charge in [0.1, 0.15) is 11.4 Å². The maximum absolute atomic E-state index is 13.7. The lowest BCUT2D eigenvalue weighted by Gasteiger charge is -2.31. The van der Waals surface area contributed by atoms with Gasteiger partial charge in [-0.1, -0.05) is 54.6 Å². The molecule has 0 aromatic heterocycles. The third-order valence-corrected chi connectivity index (χ3v) is 6.04. The Morgan fingerprint density at radius 1 is 0.788 bits per heavy atom. The minimum atomic E-state index is -0.294. The van der Waals surface area contributed by atoms with Crippen LogP contribution in [0.2, 0.25) is 0 Å². The van der Waals surface area contributed by atoms with E-state index in [0.717, 1.165) is 12.0 Å². The Kier molecular flexibility index (Phi) is 5.47. The van der Waals surface area contributed by atoms with Crippen LogP contribution in [0.4, 0.5) is 5.69 Å². The monoisotopic (exact) mass is 438 g/mol. The number of carbonyl (C=O) groups is 2. The molecular formula is C28H26N2O3. The molecule has 166 valence electrons. The number of hydrogen-bond donors (Lipinski definition) is 0. The van der Waals surface area contributed by atoms with Crippen LogP contribution in [-0.4, -0.2) is 29.4 Å². The van der Waals surface area contributed by atoms with Gasteiger partial charge in [-0.3, -0.25) is 9.59 Å². The third-order valence-electron chi connectivity index (χ3n) is 6.04. The first-order valence-electron chi connectivity index (χ1n) is 11.3. The second-order valence-corrected chi connectivity index (χ2v) is 8.64. The van der Waals surface area contributed by atoms with Crippen LogP contribution in [0.15, 0.2) is 84.6 Å². The largest absolute Gasteiger partial charge is 0.491 e. The lowest BCUT2D eigenvalue weighted by molar-refractivity contribution is -0.120. The van der Waals surface area contributed by atoms with Crippen molar-refractivity contribution in [3.8, 4) is 5.75 Å². The first-order valence-corrected chi connectivity index (χ1v) is 11.3. The SMILES string of the molecule is CC(C)Oc1ccc(N2C(=O)C(c3ccccc3)=C(N3CCc4ccccc4C3)C2=O)cc1. The number of carbonyl (C=O) groups excluding carboxylic acids is 2. The molecule has 5 heteroatoms. The van der Waals surface area contributed by atoms with E-state index in [2.05, 4.69) is 17.0 Å². The summed E-state index contributed by atoms with van der Waals surface area (Å²) < 4.78 is 5.72. The zero-order chi connectivity index (χ0) is 22.9. The highest BCUT2D eigenvalue weighted by atomic mass is 16.5. The van der Waals surface area contributed by atoms with Gasteiger partial charge in [-0.05, 0) is 61.2 Å². The molecule has 5 rings (SSSR count). The van der Waals surface area contributed by atoms with E-state index < -0.39 is 0 Å². The molecule has 0 N–H and O–H groups in total. The number of ether oxygens (including phenoxy) is 1. The van der Waals surface area contributed by atoms with Gasteiger partial charge < -0.3 is 9.64 Å². The standard InChI is InChI=1S/C28H26N2O3/c1-19(2)33-24-14-12-23(13-15-24)30-27(31)25(21-9-4-3-5-10-21)26(28(30)32)29-17-16-20-8-6-7-11-22(20)18-29/h3-15,19H,16-18H2,1-2H3. The summed E-state index contributed by atoms with van der Waals surface area (Å²) in [6.07, 6.45) is 0.885. The first-order chi connectivity index (χ1) is 16.0. The lowest BCUT2D eigenvalue weighted by Crippen LogP contribution is -2.37. The molecule has 2 aliphatic rings. The molecule has 0 bridgehead atoms. The predicted octanol–water partition coefficient (Wildman–Crippen LogP) is 4.82. The molecule has 33 heavy (non-hydrogen) atoms. The van der Waals surface area contributed by atoms with Crippen molar-refractivity contribution in [2.75, 3.05) is 11.4 Å². The zero-order valence-corrected chi connectivity index (χ0v) is 18.8. The van der Waals surface area contributed by atoms with E-state index in [1.54, 1.807) is 24.3 Å². The fourth-order valence-corrected chi connectivity index (χ4v) is 4.54. The van der Waals surface area contributed by atoms with E-state index in [1.807, 2.05) is 56.3 Å². The molecule has 3 aromatic rings. The summed E-state index contributed by atoms with van der Waals surface area (Å²) in [5, 5.41) is 0. The number of imide groups is 1. The Morgan fingerprint density at radius 2 is 1.45 bits per heavy atom. The molecular weight excluding hydrogens is 412 g/mol. The van der Waals surface area contributed by atoms with Gasteiger partial charge in [-0.25, -0.2) is 4.90 Å². The van der Waals surface area contributed by atoms with E-state index >= 15 is 0 Å². The summed E-state index contributed by atoms with van der Waals surface area (Å²) in [5.41, 5.74) is 4.72. The van der Waals surface area contributed by atoms with E-state index in [-0.39, 0.29) is 17.9 Å². The highest BCUT2D eigenvalue weighted by Gasteiger charge is 2.43. The van der Waals surface area contributed by atoms with Gasteiger partial charge >= 0.3 is 0 Å². The van der Waals surface area contributed by atoms with Crippen molar-refractivity contribution in [1.29, 1.82) is 0 Å². The topological polar surface area (TPSA) is 49.9 Å². The van der Waals surface area contributed by atoms with E-state index in [4.69, 9.17) is 4.74 Å². The molecule has 2 amide bonds. The van der Waals surface area contributed by atoms with E-state index in [9.17, 15) is 9.59 Å². The lowest BCUT2D eigenvalue weighted by atomic mass is 9.98. The minimum Gasteiger partial charge on any atom is -0.491 e. The molecule has 2 heterocycles. The van der Waals surface area contributed by atoms with E-state index in [1.165, 1.54) is 16.0 Å². The Morgan fingerprint density at radius 3 is 2.15 bits per heavy atom. The second kappa shape index (κ2) is 8.58. The first kappa shape index (κ1) is 21.0. The van der Waals surface area contributed by atoms with Gasteiger partial charge in [0, 0.05) is 13.1 Å². The Hall–Kier alpha value is -3.86. The molecule has 0 saturated carbocycles. The molecule has 2 aliphatic heterocycles. The number of rotatable bonds is 5. The molecule has 0 saturated heterocycles. The summed E-state index contributed by atoms with van der Waals surface area (Å²) in [5.74, 6) is 0.130. The van der Waals surface area contributed by atoms with Crippen molar-refractivity contribution < 1.29 is 14.3 Å². The van der Waals surface area contributed by atoms with Crippen LogP contribution in [0.1, 0.15) is 30.5 Å². The Bertz CT molecular complexity index is 1230. The van der Waals surface area contributed by atoms with Gasteiger partial charge in [0.15, 0.2) is 0 Å². The molecule has 0 aliphatic carbocycles. The average molecular weight is 439 g/mol. The Labute approximate surface area is 193 Å². The van der Waals surface area contributed by atoms with Crippen LogP contribution in [0.3, 0.4) is 0 Å². The van der Waals surface area contributed by atoms with Crippen molar-refractivity contribution in [2.24, 2.45) is 0 Å². The average Bonchev–Trinajstić information content (AvgIpc) is 3.09. The molecule has 3 aromatic carbocycles. The van der Waals surface area contributed by atoms with Crippen molar-refractivity contribution in [2.45, 2.75) is 32.9 Å². The quantitative estimate of drug-likeness (QED) is 0.536. The molecule has 0 unspecified atom stereocenters. The number of nitrogens with zero attached hydrogens (tertiary/aromatic N) is 2. The van der Waals surface area contributed by atoms with Crippen LogP contribution < -0.4 is 9.64 Å². The van der Waals surface area contributed by atoms with Crippen LogP contribution in [0.5, 0.6) is 5.75 Å². The van der Waals surface area contributed by atoms with Crippen molar-refractivity contribution in [3.63, 3.8) is 0 Å². The second-order valence-electron chi connectivity index (χ2n) is 8.64. The van der Waals surface area contributed by atoms with Gasteiger partial charge in [0.2, 0.25) is 0 Å². The summed E-state index contributed by atoms with van der Waals surface area (Å²) in [7, 11) is 0. The molecule has 5 nitrogen and oxygen atoms in total. The normalized spacial score (nSPS) is 16.0. The van der Waals surface area contributed by atoms with Crippen LogP contribution in [0.25, 0.3) is 5.57 Å². The van der Waals surface area contributed by atoms with Crippen molar-refractivity contribution in [3.05, 3.63) is 101 Å². The van der Waals surface area contributed by atoms with Gasteiger partial charge in [0.25, 0.3) is 11.8 Å². The van der Waals surface area contributed by atoms with Crippen LogP contribution in [0, 0.1) is 0 Å². The van der Waals surface area contributed by atoms with Crippen LogP contribution >= 0.6 is 0 Å². The number of anilines is 1. The maximum Gasteiger partial charge on any atom is 0.282 e. The smallest absolute Gasteiger partial charge is 0.282 e. The number of fused-ring (bicyclic) bond motifs is 1. The Balaban J connectivity index is 1.54. The minimum absolute atomic E-state index is 0.0471. The molecule has 0 spiro atoms. The fraction of sp³-hybridized carbons (Fsp3) is 0.214. The maximum atomic E-state index is 13.7. The fourth-order valence-electron chi connectivity index (χ4n) is 4.54. The third kappa shape index (κ3) is 3.91. The number of benzene rings is 3. The van der Waals surface area contributed by atoms with Gasteiger partial charge in [-0.15, -0.1) is 0 Å². The summed E-state index contributed by atoms with van der Waals surface area (Å²) >= 11 is 0. The molecule has 0 atom stereocenters. The summed E-state index contributed by atoms with van der Waals surface area (Å²) in [4.78, 5) is 30.8. The zero-order valence-electron chi connectivity index (χ0n) is 18.8.